The molecule has 9 nitrogen and oxygen atoms in total. The van der Waals surface area contributed by atoms with Crippen molar-refractivity contribution in [3.8, 4) is 0 Å². The van der Waals surface area contributed by atoms with Crippen molar-refractivity contribution in [3.05, 3.63) is 60.8 Å². The summed E-state index contributed by atoms with van der Waals surface area (Å²) in [5.41, 5.74) is 0. The molecule has 9 heteroatoms. The van der Waals surface area contributed by atoms with Crippen molar-refractivity contribution < 1.29 is 39.8 Å². The highest BCUT2D eigenvalue weighted by atomic mass is 16.7. The molecule has 0 aromatic heterocycles. The average molecular weight is 1170 g/mol. The van der Waals surface area contributed by atoms with Crippen molar-refractivity contribution >= 4 is 5.91 Å². The van der Waals surface area contributed by atoms with Gasteiger partial charge >= 0.3 is 0 Å². The highest BCUT2D eigenvalue weighted by Crippen LogP contribution is 2.23. The van der Waals surface area contributed by atoms with Crippen LogP contribution in [0.1, 0.15) is 348 Å². The number of ether oxygens (including phenoxy) is 2. The number of hydrogen-bond donors (Lipinski definition) is 6. The lowest BCUT2D eigenvalue weighted by Gasteiger charge is -2.40. The topological polar surface area (TPSA) is 149 Å². The number of allylic oxidation sites excluding steroid dienone is 9. The van der Waals surface area contributed by atoms with E-state index in [1.165, 1.54) is 276 Å². The Labute approximate surface area is 513 Å². The van der Waals surface area contributed by atoms with Gasteiger partial charge in [-0.3, -0.25) is 4.79 Å². The number of nitrogens with one attached hydrogen (secondary N) is 1. The number of hydrogen-bond acceptors (Lipinski definition) is 8. The summed E-state index contributed by atoms with van der Waals surface area (Å²) in [6, 6.07) is -0.824. The standard InChI is InChI=1S/C74H137NO8/c1-3-5-7-9-11-13-15-17-19-21-23-25-27-29-31-32-33-34-35-36-38-40-42-44-46-48-50-52-54-56-58-60-62-64-70(78)75-67(66-82-74-73(81)72(80)71(79)69(65-76)83-74)68(77)63-61-59-57-55-53-51-49-47-45-43-41-39-37-30-28-26-24-22-20-18-16-14-12-10-8-6-4-2/h15,17,21,23,27,29,53,55,61,63,67-69,71-74,76-77,79-81H,3-14,16,18-20,22,24-26,28,30-52,54,56-60,62,64-66H2,1-2H3,(H,75,78)/b17-15-,23-21-,29-27-,55-53+,63-61+. The molecule has 0 aliphatic carbocycles. The third-order valence-electron chi connectivity index (χ3n) is 17.1. The Morgan fingerprint density at radius 2 is 0.723 bits per heavy atom. The summed E-state index contributed by atoms with van der Waals surface area (Å²) in [5, 5.41) is 54.8. The zero-order chi connectivity index (χ0) is 60.0. The van der Waals surface area contributed by atoms with Crippen LogP contribution in [0.4, 0.5) is 0 Å². The first-order valence-electron chi connectivity index (χ1n) is 36.0. The van der Waals surface area contributed by atoms with Gasteiger partial charge in [-0.1, -0.05) is 331 Å². The summed E-state index contributed by atoms with van der Waals surface area (Å²) in [7, 11) is 0. The van der Waals surface area contributed by atoms with Gasteiger partial charge in [-0.25, -0.2) is 0 Å². The van der Waals surface area contributed by atoms with Crippen LogP contribution in [-0.4, -0.2) is 87.5 Å². The first kappa shape index (κ1) is 78.9. The summed E-state index contributed by atoms with van der Waals surface area (Å²) in [5.74, 6) is -0.182. The third-order valence-corrected chi connectivity index (χ3v) is 17.1. The minimum Gasteiger partial charge on any atom is -0.394 e. The Hall–Kier alpha value is -2.11. The molecule has 7 unspecified atom stereocenters. The summed E-state index contributed by atoms with van der Waals surface area (Å²) >= 11 is 0. The zero-order valence-electron chi connectivity index (χ0n) is 54.5. The maximum Gasteiger partial charge on any atom is 0.220 e. The second-order valence-electron chi connectivity index (χ2n) is 25.0. The molecule has 1 aliphatic heterocycles. The van der Waals surface area contributed by atoms with Gasteiger partial charge in [0.2, 0.25) is 5.91 Å². The average Bonchev–Trinajstić information content (AvgIpc) is 3.61. The molecule has 0 aromatic rings. The molecular formula is C74H137NO8. The van der Waals surface area contributed by atoms with Crippen LogP contribution in [0.2, 0.25) is 0 Å². The van der Waals surface area contributed by atoms with Crippen LogP contribution in [0, 0.1) is 0 Å². The van der Waals surface area contributed by atoms with E-state index in [-0.39, 0.29) is 12.5 Å². The van der Waals surface area contributed by atoms with Crippen molar-refractivity contribution in [2.45, 2.75) is 391 Å². The minimum atomic E-state index is -1.57. The summed E-state index contributed by atoms with van der Waals surface area (Å²) in [6.07, 6.45) is 80.5. The predicted molar refractivity (Wildman–Crippen MR) is 355 cm³/mol. The maximum atomic E-state index is 13.1. The number of carbonyl (C=O) groups excluding carboxylic acids is 1. The number of rotatable bonds is 63. The lowest BCUT2D eigenvalue weighted by atomic mass is 9.99. The molecule has 6 N–H and O–H groups in total. The summed E-state index contributed by atoms with van der Waals surface area (Å²) < 4.78 is 11.3. The van der Waals surface area contributed by atoms with Crippen LogP contribution in [0.3, 0.4) is 0 Å². The molecule has 7 atom stereocenters. The second-order valence-corrected chi connectivity index (χ2v) is 25.0. The van der Waals surface area contributed by atoms with Crippen LogP contribution in [0.25, 0.3) is 0 Å². The fourth-order valence-corrected chi connectivity index (χ4v) is 11.4. The molecule has 83 heavy (non-hydrogen) atoms. The second kappa shape index (κ2) is 62.9. The summed E-state index contributed by atoms with van der Waals surface area (Å²) in [6.45, 7) is 3.80. The fraction of sp³-hybridized carbons (Fsp3) is 0.851. The van der Waals surface area contributed by atoms with E-state index >= 15 is 0 Å². The van der Waals surface area contributed by atoms with E-state index in [2.05, 4.69) is 67.8 Å². The van der Waals surface area contributed by atoms with Crippen LogP contribution in [0.5, 0.6) is 0 Å². The van der Waals surface area contributed by atoms with Crippen molar-refractivity contribution in [1.82, 2.24) is 5.32 Å². The Balaban J connectivity index is 2.13. The molecule has 0 saturated carbocycles. The lowest BCUT2D eigenvalue weighted by Crippen LogP contribution is -2.60. The first-order chi connectivity index (χ1) is 40.8. The van der Waals surface area contributed by atoms with Gasteiger partial charge in [-0.15, -0.1) is 0 Å². The van der Waals surface area contributed by atoms with E-state index in [0.29, 0.717) is 6.42 Å². The quantitative estimate of drug-likeness (QED) is 0.0261. The zero-order valence-corrected chi connectivity index (χ0v) is 54.5. The van der Waals surface area contributed by atoms with Crippen LogP contribution in [-0.2, 0) is 14.3 Å². The highest BCUT2D eigenvalue weighted by molar-refractivity contribution is 5.76. The Morgan fingerprint density at radius 1 is 0.410 bits per heavy atom. The van der Waals surface area contributed by atoms with E-state index in [1.54, 1.807) is 6.08 Å². The molecule has 1 amide bonds. The van der Waals surface area contributed by atoms with Crippen LogP contribution in [0.15, 0.2) is 60.8 Å². The fourth-order valence-electron chi connectivity index (χ4n) is 11.4. The SMILES string of the molecule is CCCCCCC/C=C\C/C=C\C/C=C\CCCCCCCCCCCCCCCCCCCCC(=O)NC(COC1OC(CO)C(O)C(O)C1O)C(O)/C=C/CC/C=C/CCCCCCCCCCCCCCCCCCCCCCC. The summed E-state index contributed by atoms with van der Waals surface area (Å²) in [4.78, 5) is 13.1. The molecule has 1 fully saturated rings. The van der Waals surface area contributed by atoms with E-state index in [4.69, 9.17) is 9.47 Å². The highest BCUT2D eigenvalue weighted by Gasteiger charge is 2.44. The van der Waals surface area contributed by atoms with Gasteiger partial charge in [-0.2, -0.15) is 0 Å². The normalized spacial score (nSPS) is 18.6. The van der Waals surface area contributed by atoms with Gasteiger partial charge in [0.05, 0.1) is 25.4 Å². The van der Waals surface area contributed by atoms with Gasteiger partial charge in [0.15, 0.2) is 6.29 Å². The molecule has 1 aliphatic rings. The van der Waals surface area contributed by atoms with Gasteiger partial charge in [-0.05, 0) is 70.6 Å². The van der Waals surface area contributed by atoms with Gasteiger partial charge in [0.1, 0.15) is 24.4 Å². The minimum absolute atomic E-state index is 0.182. The molecule has 1 heterocycles. The molecule has 0 bridgehead atoms. The van der Waals surface area contributed by atoms with E-state index in [0.717, 1.165) is 51.4 Å². The van der Waals surface area contributed by atoms with Gasteiger partial charge < -0.3 is 40.3 Å². The van der Waals surface area contributed by atoms with Crippen molar-refractivity contribution in [2.24, 2.45) is 0 Å². The molecule has 1 rings (SSSR count). The molecule has 0 radical (unpaired) electrons. The Morgan fingerprint density at radius 3 is 1.10 bits per heavy atom. The molecule has 0 spiro atoms. The number of unbranched alkanes of at least 4 members (excludes halogenated alkanes) is 45. The number of carbonyl (C=O) groups is 1. The van der Waals surface area contributed by atoms with E-state index in [9.17, 15) is 30.3 Å². The van der Waals surface area contributed by atoms with Gasteiger partial charge in [0, 0.05) is 6.42 Å². The van der Waals surface area contributed by atoms with E-state index < -0.39 is 49.5 Å². The number of aliphatic hydroxyl groups excluding tert-OH is 5. The Bertz CT molecular complexity index is 1500. The molecule has 1 saturated heterocycles. The van der Waals surface area contributed by atoms with Crippen LogP contribution >= 0.6 is 0 Å². The number of amides is 1. The maximum absolute atomic E-state index is 13.1. The van der Waals surface area contributed by atoms with Crippen LogP contribution < -0.4 is 5.32 Å². The molecule has 486 valence electrons. The number of aliphatic hydroxyl groups is 5. The van der Waals surface area contributed by atoms with Crippen molar-refractivity contribution in [1.29, 1.82) is 0 Å². The Kier molecular flexibility index (Phi) is 59.8. The molecular weight excluding hydrogens is 1030 g/mol. The monoisotopic (exact) mass is 1170 g/mol. The smallest absolute Gasteiger partial charge is 0.220 e. The largest absolute Gasteiger partial charge is 0.394 e. The lowest BCUT2D eigenvalue weighted by molar-refractivity contribution is -0.302. The third kappa shape index (κ3) is 51.6. The first-order valence-corrected chi connectivity index (χ1v) is 36.0. The van der Waals surface area contributed by atoms with Crippen molar-refractivity contribution in [3.63, 3.8) is 0 Å². The van der Waals surface area contributed by atoms with Gasteiger partial charge in [0.25, 0.3) is 0 Å². The molecule has 0 aromatic carbocycles. The van der Waals surface area contributed by atoms with E-state index in [1.807, 2.05) is 6.08 Å². The predicted octanol–water partition coefficient (Wildman–Crippen LogP) is 19.8. The van der Waals surface area contributed by atoms with Crippen molar-refractivity contribution in [2.75, 3.05) is 13.2 Å².